The number of thiophene rings is 1. The van der Waals surface area contributed by atoms with E-state index in [0.29, 0.717) is 0 Å². The Labute approximate surface area is 168 Å². The predicted molar refractivity (Wildman–Crippen MR) is 113 cm³/mol. The van der Waals surface area contributed by atoms with Crippen molar-refractivity contribution in [2.75, 3.05) is 13.1 Å². The van der Waals surface area contributed by atoms with Crippen LogP contribution in [0.5, 0.6) is 0 Å². The lowest BCUT2D eigenvalue weighted by Gasteiger charge is -2.32. The molecule has 1 unspecified atom stereocenters. The van der Waals surface area contributed by atoms with E-state index in [4.69, 9.17) is 0 Å². The van der Waals surface area contributed by atoms with Crippen molar-refractivity contribution in [2.24, 2.45) is 5.92 Å². The second-order valence-corrected chi connectivity index (χ2v) is 9.50. The first-order valence-electron chi connectivity index (χ1n) is 9.37. The van der Waals surface area contributed by atoms with Gasteiger partial charge >= 0.3 is 0 Å². The Morgan fingerprint density at radius 3 is 2.70 bits per heavy atom. The number of thioether (sulfide) groups is 1. The highest BCUT2D eigenvalue weighted by Gasteiger charge is 2.26. The van der Waals surface area contributed by atoms with Crippen LogP contribution >= 0.6 is 23.1 Å². The number of nitrogens with zero attached hydrogens (tertiary/aromatic N) is 3. The predicted octanol–water partition coefficient (Wildman–Crippen LogP) is 5.10. The summed E-state index contributed by atoms with van der Waals surface area (Å²) in [7, 11) is 0. The number of piperidine rings is 1. The van der Waals surface area contributed by atoms with E-state index in [1.807, 2.05) is 30.0 Å². The zero-order chi connectivity index (χ0) is 18.8. The average Bonchev–Trinajstić information content (AvgIpc) is 3.14. The van der Waals surface area contributed by atoms with Crippen LogP contribution in [0.4, 0.5) is 0 Å². The molecule has 0 N–H and O–H groups in total. The molecular weight excluding hydrogens is 374 g/mol. The summed E-state index contributed by atoms with van der Waals surface area (Å²) in [6.45, 7) is 6.00. The summed E-state index contributed by atoms with van der Waals surface area (Å²) >= 11 is 3.22. The number of likely N-dealkylation sites (tertiary alicyclic amines) is 1. The van der Waals surface area contributed by atoms with Crippen molar-refractivity contribution in [1.29, 1.82) is 0 Å². The molecule has 1 aromatic carbocycles. The van der Waals surface area contributed by atoms with Crippen LogP contribution in [0.15, 0.2) is 47.8 Å². The molecule has 0 aliphatic carbocycles. The minimum absolute atomic E-state index is 0.142. The van der Waals surface area contributed by atoms with E-state index in [2.05, 4.69) is 35.1 Å². The van der Waals surface area contributed by atoms with Crippen LogP contribution in [0.1, 0.15) is 26.7 Å². The maximum Gasteiger partial charge on any atom is 0.235 e. The van der Waals surface area contributed by atoms with Crippen molar-refractivity contribution in [3.63, 3.8) is 0 Å². The molecule has 3 aromatic rings. The molecule has 4 nitrogen and oxygen atoms in total. The molecule has 4 rings (SSSR count). The lowest BCUT2D eigenvalue weighted by molar-refractivity contribution is -0.131. The molecular formula is C21H23N3OS2. The number of hydrogen-bond acceptors (Lipinski definition) is 5. The second kappa shape index (κ2) is 7.98. The molecule has 2 aromatic heterocycles. The third kappa shape index (κ3) is 4.01. The van der Waals surface area contributed by atoms with Crippen molar-refractivity contribution in [1.82, 2.24) is 14.9 Å². The minimum Gasteiger partial charge on any atom is -0.342 e. The van der Waals surface area contributed by atoms with Gasteiger partial charge in [0.1, 0.15) is 16.2 Å². The van der Waals surface area contributed by atoms with Gasteiger partial charge in [0.15, 0.2) is 0 Å². The standard InChI is InChI=1S/C21H23N3OS2/c1-14-8-10-24(11-9-14)21(25)15(2)26-19-17-12-18(16-6-4-3-5-7-16)27-20(17)23-13-22-19/h3-7,12-15H,8-11H2,1-2H3. The van der Waals surface area contributed by atoms with E-state index in [9.17, 15) is 4.79 Å². The van der Waals surface area contributed by atoms with E-state index in [0.717, 1.165) is 47.1 Å². The fourth-order valence-electron chi connectivity index (χ4n) is 3.38. The van der Waals surface area contributed by atoms with E-state index < -0.39 is 0 Å². The molecule has 140 valence electrons. The van der Waals surface area contributed by atoms with Crippen LogP contribution in [0.2, 0.25) is 0 Å². The van der Waals surface area contributed by atoms with Crippen molar-refractivity contribution >= 4 is 39.2 Å². The van der Waals surface area contributed by atoms with Crippen molar-refractivity contribution in [3.8, 4) is 10.4 Å². The molecule has 1 aliphatic heterocycles. The zero-order valence-electron chi connectivity index (χ0n) is 15.6. The van der Waals surface area contributed by atoms with Crippen molar-refractivity contribution in [3.05, 3.63) is 42.7 Å². The van der Waals surface area contributed by atoms with E-state index in [-0.39, 0.29) is 11.2 Å². The van der Waals surface area contributed by atoms with Gasteiger partial charge in [-0.2, -0.15) is 0 Å². The first-order valence-corrected chi connectivity index (χ1v) is 11.1. The van der Waals surface area contributed by atoms with Crippen LogP contribution in [0, 0.1) is 5.92 Å². The molecule has 0 bridgehead atoms. The minimum atomic E-state index is -0.142. The van der Waals surface area contributed by atoms with Crippen LogP contribution in [0.3, 0.4) is 0 Å². The summed E-state index contributed by atoms with van der Waals surface area (Å²) in [5.74, 6) is 0.942. The van der Waals surface area contributed by atoms with Gasteiger partial charge in [0, 0.05) is 23.4 Å². The molecule has 3 heterocycles. The van der Waals surface area contributed by atoms with Crippen LogP contribution in [-0.2, 0) is 4.79 Å². The van der Waals surface area contributed by atoms with Crippen molar-refractivity contribution in [2.45, 2.75) is 37.0 Å². The molecule has 1 atom stereocenters. The molecule has 0 radical (unpaired) electrons. The summed E-state index contributed by atoms with van der Waals surface area (Å²) in [4.78, 5) is 25.9. The summed E-state index contributed by atoms with van der Waals surface area (Å²) < 4.78 is 0. The molecule has 27 heavy (non-hydrogen) atoms. The molecule has 6 heteroatoms. The Hall–Kier alpha value is -1.92. The Kier molecular flexibility index (Phi) is 5.45. The first kappa shape index (κ1) is 18.4. The largest absolute Gasteiger partial charge is 0.342 e. The second-order valence-electron chi connectivity index (χ2n) is 7.14. The quantitative estimate of drug-likeness (QED) is 0.454. The number of benzene rings is 1. The Morgan fingerprint density at radius 2 is 1.96 bits per heavy atom. The fraction of sp³-hybridized carbons (Fsp3) is 0.381. The van der Waals surface area contributed by atoms with Gasteiger partial charge in [0.25, 0.3) is 0 Å². The van der Waals surface area contributed by atoms with Gasteiger partial charge in [0.2, 0.25) is 5.91 Å². The van der Waals surface area contributed by atoms with Crippen LogP contribution < -0.4 is 0 Å². The number of rotatable bonds is 4. The van der Waals surface area contributed by atoms with Gasteiger partial charge in [-0.15, -0.1) is 11.3 Å². The van der Waals surface area contributed by atoms with Gasteiger partial charge in [-0.05, 0) is 37.3 Å². The molecule has 0 spiro atoms. The smallest absolute Gasteiger partial charge is 0.235 e. The summed E-state index contributed by atoms with van der Waals surface area (Å²) in [6, 6.07) is 12.5. The summed E-state index contributed by atoms with van der Waals surface area (Å²) in [5.41, 5.74) is 1.18. The lowest BCUT2D eigenvalue weighted by atomic mass is 9.99. The topological polar surface area (TPSA) is 46.1 Å². The van der Waals surface area contributed by atoms with Crippen molar-refractivity contribution < 1.29 is 4.79 Å². The molecule has 1 aliphatic rings. The van der Waals surface area contributed by atoms with Gasteiger partial charge in [-0.1, -0.05) is 49.0 Å². The maximum absolute atomic E-state index is 12.8. The zero-order valence-corrected chi connectivity index (χ0v) is 17.2. The number of carbonyl (C=O) groups excluding carboxylic acids is 1. The number of hydrogen-bond donors (Lipinski definition) is 0. The van der Waals surface area contributed by atoms with Gasteiger partial charge < -0.3 is 4.90 Å². The Balaban J connectivity index is 1.55. The van der Waals surface area contributed by atoms with Crippen LogP contribution in [-0.4, -0.2) is 39.1 Å². The number of carbonyl (C=O) groups is 1. The number of amides is 1. The SMILES string of the molecule is CC1CCN(C(=O)C(C)Sc2ncnc3sc(-c4ccccc4)cc23)CC1. The molecule has 1 amide bonds. The van der Waals surface area contributed by atoms with E-state index in [1.165, 1.54) is 10.4 Å². The first-order chi connectivity index (χ1) is 13.1. The van der Waals surface area contributed by atoms with Gasteiger partial charge in [-0.3, -0.25) is 4.79 Å². The van der Waals surface area contributed by atoms with Gasteiger partial charge in [-0.25, -0.2) is 9.97 Å². The monoisotopic (exact) mass is 397 g/mol. The third-order valence-electron chi connectivity index (χ3n) is 5.08. The molecule has 1 saturated heterocycles. The normalized spacial score (nSPS) is 16.6. The molecule has 1 fully saturated rings. The highest BCUT2D eigenvalue weighted by atomic mass is 32.2. The third-order valence-corrected chi connectivity index (χ3v) is 7.28. The summed E-state index contributed by atoms with van der Waals surface area (Å²) in [6.07, 6.45) is 3.81. The highest BCUT2D eigenvalue weighted by Crippen LogP contribution is 2.37. The van der Waals surface area contributed by atoms with Gasteiger partial charge in [0.05, 0.1) is 5.25 Å². The molecule has 0 saturated carbocycles. The Bertz CT molecular complexity index is 933. The average molecular weight is 398 g/mol. The number of aromatic nitrogens is 2. The van der Waals surface area contributed by atoms with E-state index >= 15 is 0 Å². The number of fused-ring (bicyclic) bond motifs is 1. The van der Waals surface area contributed by atoms with Crippen LogP contribution in [0.25, 0.3) is 20.7 Å². The van der Waals surface area contributed by atoms with E-state index in [1.54, 1.807) is 29.4 Å². The lowest BCUT2D eigenvalue weighted by Crippen LogP contribution is -2.41. The highest BCUT2D eigenvalue weighted by molar-refractivity contribution is 8.00. The maximum atomic E-state index is 12.8. The fourth-order valence-corrected chi connectivity index (χ4v) is 5.42. The summed E-state index contributed by atoms with van der Waals surface area (Å²) in [5, 5.41) is 1.79. The Morgan fingerprint density at radius 1 is 1.22 bits per heavy atom.